The zero-order valence-electron chi connectivity index (χ0n) is 11.7. The lowest BCUT2D eigenvalue weighted by Gasteiger charge is -2.16. The fourth-order valence-corrected chi connectivity index (χ4v) is 2.50. The minimum atomic E-state index is 0.183. The molecule has 1 aromatic heterocycles. The second-order valence-corrected chi connectivity index (χ2v) is 5.79. The van der Waals surface area contributed by atoms with Gasteiger partial charge in [0.05, 0.1) is 6.04 Å². The van der Waals surface area contributed by atoms with Gasteiger partial charge in [0.1, 0.15) is 0 Å². The Bertz CT molecular complexity index is 704. The molecule has 2 aromatic carbocycles. The van der Waals surface area contributed by atoms with E-state index in [9.17, 15) is 0 Å². The summed E-state index contributed by atoms with van der Waals surface area (Å²) in [7, 11) is 0. The molecule has 0 aliphatic heterocycles. The van der Waals surface area contributed by atoms with E-state index in [1.165, 1.54) is 5.56 Å². The molecule has 1 unspecified atom stereocenters. The molecule has 1 heterocycles. The van der Waals surface area contributed by atoms with Gasteiger partial charge in [-0.2, -0.15) is 0 Å². The minimum Gasteiger partial charge on any atom is -0.349 e. The highest BCUT2D eigenvalue weighted by molar-refractivity contribution is 9.10. The number of nitrogens with one attached hydrogen (secondary N) is 1. The highest BCUT2D eigenvalue weighted by Crippen LogP contribution is 2.22. The third-order valence-electron chi connectivity index (χ3n) is 3.39. The van der Waals surface area contributed by atoms with Gasteiger partial charge in [-0.1, -0.05) is 46.3 Å². The molecule has 106 valence electrons. The molecule has 21 heavy (non-hydrogen) atoms. The van der Waals surface area contributed by atoms with Gasteiger partial charge in [0, 0.05) is 22.6 Å². The standard InChI is InChI=1S/C17H16BrN3/c1-13(14-7-9-15(18)10-8-14)20-17-19-11-12-21(17)16-5-3-2-4-6-16/h2-13H,1H3,(H,19,20). The van der Waals surface area contributed by atoms with E-state index in [2.05, 4.69) is 74.1 Å². The van der Waals surface area contributed by atoms with Crippen LogP contribution in [0.25, 0.3) is 5.69 Å². The SMILES string of the molecule is CC(Nc1nccn1-c1ccccc1)c1ccc(Br)cc1. The van der Waals surface area contributed by atoms with Gasteiger partial charge < -0.3 is 5.32 Å². The Balaban J connectivity index is 1.83. The van der Waals surface area contributed by atoms with E-state index in [0.717, 1.165) is 16.1 Å². The van der Waals surface area contributed by atoms with Crippen LogP contribution in [0.5, 0.6) is 0 Å². The molecule has 0 spiro atoms. The van der Waals surface area contributed by atoms with Gasteiger partial charge in [-0.25, -0.2) is 4.98 Å². The normalized spacial score (nSPS) is 12.1. The topological polar surface area (TPSA) is 29.9 Å². The molecule has 0 saturated heterocycles. The van der Waals surface area contributed by atoms with Crippen LogP contribution < -0.4 is 5.32 Å². The van der Waals surface area contributed by atoms with Crippen molar-refractivity contribution >= 4 is 21.9 Å². The quantitative estimate of drug-likeness (QED) is 0.738. The maximum atomic E-state index is 4.42. The minimum absolute atomic E-state index is 0.183. The smallest absolute Gasteiger partial charge is 0.207 e. The van der Waals surface area contributed by atoms with Crippen LogP contribution in [-0.4, -0.2) is 9.55 Å². The number of hydrogen-bond acceptors (Lipinski definition) is 2. The fourth-order valence-electron chi connectivity index (χ4n) is 2.24. The zero-order valence-corrected chi connectivity index (χ0v) is 13.3. The van der Waals surface area contributed by atoms with E-state index in [1.807, 2.05) is 30.6 Å². The van der Waals surface area contributed by atoms with Gasteiger partial charge in [0.25, 0.3) is 0 Å². The van der Waals surface area contributed by atoms with Crippen molar-refractivity contribution in [2.75, 3.05) is 5.32 Å². The summed E-state index contributed by atoms with van der Waals surface area (Å²) < 4.78 is 3.14. The predicted octanol–water partition coefficient (Wildman–Crippen LogP) is 4.81. The number of anilines is 1. The Hall–Kier alpha value is -2.07. The molecular formula is C17H16BrN3. The molecule has 0 bridgehead atoms. The van der Waals surface area contributed by atoms with E-state index >= 15 is 0 Å². The summed E-state index contributed by atoms with van der Waals surface area (Å²) >= 11 is 3.46. The molecule has 0 aliphatic rings. The van der Waals surface area contributed by atoms with Crippen LogP contribution in [0.1, 0.15) is 18.5 Å². The summed E-state index contributed by atoms with van der Waals surface area (Å²) in [5.74, 6) is 0.844. The number of halogens is 1. The zero-order chi connectivity index (χ0) is 14.7. The Kier molecular flexibility index (Phi) is 4.06. The lowest BCUT2D eigenvalue weighted by atomic mass is 10.1. The summed E-state index contributed by atoms with van der Waals surface area (Å²) in [6, 6.07) is 18.7. The molecule has 0 aliphatic carbocycles. The van der Waals surface area contributed by atoms with Gasteiger partial charge >= 0.3 is 0 Å². The summed E-state index contributed by atoms with van der Waals surface area (Å²) in [6.07, 6.45) is 3.77. The van der Waals surface area contributed by atoms with Crippen molar-refractivity contribution in [3.8, 4) is 5.69 Å². The molecule has 3 aromatic rings. The molecule has 3 nitrogen and oxygen atoms in total. The summed E-state index contributed by atoms with van der Waals surface area (Å²) in [5, 5.41) is 3.46. The first kappa shape index (κ1) is 13.9. The van der Waals surface area contributed by atoms with Crippen LogP contribution in [0, 0.1) is 0 Å². The average molecular weight is 342 g/mol. The third-order valence-corrected chi connectivity index (χ3v) is 3.92. The van der Waals surface area contributed by atoms with E-state index in [-0.39, 0.29) is 6.04 Å². The lowest BCUT2D eigenvalue weighted by Crippen LogP contribution is -2.10. The van der Waals surface area contributed by atoms with Gasteiger partial charge in [-0.05, 0) is 36.8 Å². The van der Waals surface area contributed by atoms with Crippen molar-refractivity contribution in [3.63, 3.8) is 0 Å². The van der Waals surface area contributed by atoms with Crippen LogP contribution >= 0.6 is 15.9 Å². The highest BCUT2D eigenvalue weighted by atomic mass is 79.9. The van der Waals surface area contributed by atoms with Crippen molar-refractivity contribution in [3.05, 3.63) is 77.0 Å². The molecule has 0 radical (unpaired) electrons. The van der Waals surface area contributed by atoms with Crippen molar-refractivity contribution in [2.45, 2.75) is 13.0 Å². The molecule has 1 N–H and O–H groups in total. The molecule has 0 amide bonds. The van der Waals surface area contributed by atoms with Crippen LogP contribution in [0.15, 0.2) is 71.5 Å². The van der Waals surface area contributed by atoms with E-state index in [1.54, 1.807) is 0 Å². The Morgan fingerprint density at radius 3 is 2.48 bits per heavy atom. The molecular weight excluding hydrogens is 326 g/mol. The Morgan fingerprint density at radius 1 is 1.05 bits per heavy atom. The van der Waals surface area contributed by atoms with E-state index in [0.29, 0.717) is 0 Å². The lowest BCUT2D eigenvalue weighted by molar-refractivity contribution is 0.851. The first-order valence-corrected chi connectivity index (χ1v) is 7.64. The second-order valence-electron chi connectivity index (χ2n) is 4.87. The van der Waals surface area contributed by atoms with Crippen molar-refractivity contribution in [2.24, 2.45) is 0 Å². The van der Waals surface area contributed by atoms with E-state index < -0.39 is 0 Å². The van der Waals surface area contributed by atoms with Crippen LogP contribution in [0.4, 0.5) is 5.95 Å². The molecule has 0 fully saturated rings. The van der Waals surface area contributed by atoms with Gasteiger partial charge in [0.15, 0.2) is 0 Å². The first-order chi connectivity index (χ1) is 10.2. The fraction of sp³-hybridized carbons (Fsp3) is 0.118. The number of hydrogen-bond donors (Lipinski definition) is 1. The monoisotopic (exact) mass is 341 g/mol. The van der Waals surface area contributed by atoms with Crippen LogP contribution in [-0.2, 0) is 0 Å². The second kappa shape index (κ2) is 6.14. The number of nitrogens with zero attached hydrogens (tertiary/aromatic N) is 2. The van der Waals surface area contributed by atoms with E-state index in [4.69, 9.17) is 0 Å². The summed E-state index contributed by atoms with van der Waals surface area (Å²) in [4.78, 5) is 4.42. The Labute approximate surface area is 132 Å². The maximum absolute atomic E-state index is 4.42. The Morgan fingerprint density at radius 2 is 1.76 bits per heavy atom. The van der Waals surface area contributed by atoms with Gasteiger partial charge in [-0.15, -0.1) is 0 Å². The maximum Gasteiger partial charge on any atom is 0.207 e. The molecule has 4 heteroatoms. The van der Waals surface area contributed by atoms with Crippen LogP contribution in [0.2, 0.25) is 0 Å². The van der Waals surface area contributed by atoms with Crippen molar-refractivity contribution in [1.82, 2.24) is 9.55 Å². The number of para-hydroxylation sites is 1. The predicted molar refractivity (Wildman–Crippen MR) is 89.7 cm³/mol. The number of imidazole rings is 1. The average Bonchev–Trinajstić information content (AvgIpc) is 2.97. The highest BCUT2D eigenvalue weighted by Gasteiger charge is 2.10. The summed E-state index contributed by atoms with van der Waals surface area (Å²) in [5.41, 5.74) is 2.32. The largest absolute Gasteiger partial charge is 0.349 e. The third kappa shape index (κ3) is 3.16. The molecule has 0 saturated carbocycles. The van der Waals surface area contributed by atoms with Crippen LogP contribution in [0.3, 0.4) is 0 Å². The van der Waals surface area contributed by atoms with Crippen molar-refractivity contribution in [1.29, 1.82) is 0 Å². The van der Waals surface area contributed by atoms with Gasteiger partial charge in [-0.3, -0.25) is 4.57 Å². The molecule has 3 rings (SSSR count). The number of benzene rings is 2. The van der Waals surface area contributed by atoms with Gasteiger partial charge in [0.2, 0.25) is 5.95 Å². The number of aromatic nitrogens is 2. The summed E-state index contributed by atoms with van der Waals surface area (Å²) in [6.45, 7) is 2.13. The molecule has 1 atom stereocenters. The number of rotatable bonds is 4. The van der Waals surface area contributed by atoms with Crippen molar-refractivity contribution < 1.29 is 0 Å². The first-order valence-electron chi connectivity index (χ1n) is 6.85.